The fourth-order valence-corrected chi connectivity index (χ4v) is 9.41. The van der Waals surface area contributed by atoms with Crippen molar-refractivity contribution in [2.75, 3.05) is 6.61 Å². The quantitative estimate of drug-likeness (QED) is 0.179. The van der Waals surface area contributed by atoms with Gasteiger partial charge in [0.1, 0.15) is 45.9 Å². The molecule has 13 rings (SSSR count). The van der Waals surface area contributed by atoms with Crippen LogP contribution in [0.4, 0.5) is 0 Å². The van der Waals surface area contributed by atoms with Crippen LogP contribution in [0, 0.1) is 0 Å². The molecule has 0 amide bonds. The smallest absolute Gasteiger partial charge is 0.147 e. The minimum Gasteiger partial charge on any atom is -0.489 e. The van der Waals surface area contributed by atoms with Crippen molar-refractivity contribution in [2.45, 2.75) is 0 Å². The molecule has 0 bridgehead atoms. The predicted molar refractivity (Wildman–Crippen MR) is 246 cm³/mol. The molecule has 0 aliphatic carbocycles. The van der Waals surface area contributed by atoms with Crippen molar-refractivity contribution >= 4 is 93.2 Å². The molecule has 0 atom stereocenters. The van der Waals surface area contributed by atoms with Crippen LogP contribution in [0.5, 0.6) is 5.75 Å². The lowest BCUT2D eigenvalue weighted by Crippen LogP contribution is -1.96. The van der Waals surface area contributed by atoms with Crippen molar-refractivity contribution in [1.29, 1.82) is 0 Å². The summed E-state index contributed by atoms with van der Waals surface area (Å²) in [4.78, 5) is 0. The van der Waals surface area contributed by atoms with Crippen molar-refractivity contribution in [3.63, 3.8) is 0 Å². The van der Waals surface area contributed by atoms with Crippen LogP contribution in [-0.4, -0.2) is 11.2 Å². The number of benzene rings is 8. The Morgan fingerprint density at radius 2 is 1.03 bits per heavy atom. The summed E-state index contributed by atoms with van der Waals surface area (Å²) in [6.07, 6.45) is 7.97. The number of hydrogen-bond acceptors (Lipinski definition) is 4. The van der Waals surface area contributed by atoms with Crippen molar-refractivity contribution in [2.24, 2.45) is 0 Å². The van der Waals surface area contributed by atoms with Crippen molar-refractivity contribution in [3.8, 4) is 33.7 Å². The lowest BCUT2D eigenvalue weighted by molar-refractivity contribution is 0.362. The van der Waals surface area contributed by atoms with Crippen molar-refractivity contribution in [3.05, 3.63) is 188 Å². The summed E-state index contributed by atoms with van der Waals surface area (Å²) in [6.45, 7) is 4.84. The molecule has 0 spiro atoms. The molecule has 0 N–H and O–H groups in total. The molecule has 0 unspecified atom stereocenters. The second-order valence-corrected chi connectivity index (χ2v) is 15.6. The first-order chi connectivity index (χ1) is 29.6. The standard InChI is InChI=1S/C55H33NO4/c1-32-10-4-3-9-27-57-50-25-19-38-43-30-35(17-23-48(43)59-54(38)52(32)50)33-15-21-45-41(28-33)42-29-34(16-22-46(42)56(45)37-11-5-2-6-12-37)36-18-24-49-44(31-36)39-20-26-51-53(55(39)60-49)40-13-7-8-14-47(40)58-51/h2-26,28-31H,1,27H2/b9-3-,10-4-. The van der Waals surface area contributed by atoms with E-state index in [4.69, 9.17) is 18.0 Å². The van der Waals surface area contributed by atoms with Gasteiger partial charge in [-0.15, -0.1) is 0 Å². The number of furan rings is 3. The molecule has 4 aromatic heterocycles. The number of hydrogen-bond donors (Lipinski definition) is 0. The Hall–Kier alpha value is -8.02. The average molecular weight is 772 g/mol. The van der Waals surface area contributed by atoms with Gasteiger partial charge in [-0.2, -0.15) is 0 Å². The molecular weight excluding hydrogens is 739 g/mol. The summed E-state index contributed by atoms with van der Waals surface area (Å²) in [5.41, 5.74) is 14.7. The van der Waals surface area contributed by atoms with E-state index in [1.165, 1.54) is 10.8 Å². The van der Waals surface area contributed by atoms with Gasteiger partial charge in [-0.3, -0.25) is 0 Å². The van der Waals surface area contributed by atoms with Crippen molar-refractivity contribution < 1.29 is 18.0 Å². The molecule has 0 fully saturated rings. The van der Waals surface area contributed by atoms with Crippen LogP contribution in [0.2, 0.25) is 0 Å². The topological polar surface area (TPSA) is 53.6 Å². The summed E-state index contributed by atoms with van der Waals surface area (Å²) >= 11 is 0. The Kier molecular flexibility index (Phi) is 6.87. The van der Waals surface area contributed by atoms with Gasteiger partial charge in [-0.05, 0) is 125 Å². The zero-order chi connectivity index (χ0) is 39.5. The minimum atomic E-state index is 0.482. The van der Waals surface area contributed by atoms with E-state index < -0.39 is 0 Å². The third-order valence-corrected chi connectivity index (χ3v) is 12.2. The van der Waals surface area contributed by atoms with Crippen LogP contribution < -0.4 is 4.74 Å². The maximum absolute atomic E-state index is 6.56. The Bertz CT molecular complexity index is 3850. The zero-order valence-corrected chi connectivity index (χ0v) is 32.2. The summed E-state index contributed by atoms with van der Waals surface area (Å²) in [5, 5.41) is 8.69. The Morgan fingerprint density at radius 3 is 1.77 bits per heavy atom. The Labute approximate surface area is 342 Å². The highest BCUT2D eigenvalue weighted by atomic mass is 16.5. The summed E-state index contributed by atoms with van der Waals surface area (Å²) in [6, 6.07) is 53.8. The van der Waals surface area contributed by atoms with Crippen LogP contribution >= 0.6 is 0 Å². The van der Waals surface area contributed by atoms with Gasteiger partial charge in [-0.1, -0.05) is 85.5 Å². The molecule has 8 aromatic carbocycles. The number of ether oxygens (including phenoxy) is 1. The van der Waals surface area contributed by atoms with Crippen LogP contribution in [0.15, 0.2) is 196 Å². The molecule has 60 heavy (non-hydrogen) atoms. The summed E-state index contributed by atoms with van der Waals surface area (Å²) < 4.78 is 27.8. The lowest BCUT2D eigenvalue weighted by atomic mass is 9.98. The molecule has 5 nitrogen and oxygen atoms in total. The van der Waals surface area contributed by atoms with E-state index in [0.29, 0.717) is 6.61 Å². The number of fused-ring (bicyclic) bond motifs is 15. The maximum atomic E-state index is 6.56. The first kappa shape index (κ1) is 33.0. The minimum absolute atomic E-state index is 0.482. The van der Waals surface area contributed by atoms with E-state index >= 15 is 0 Å². The first-order valence-electron chi connectivity index (χ1n) is 20.2. The van der Waals surface area contributed by atoms with Crippen molar-refractivity contribution in [1.82, 2.24) is 4.57 Å². The fourth-order valence-electron chi connectivity index (χ4n) is 9.41. The number of aromatic nitrogens is 1. The predicted octanol–water partition coefficient (Wildman–Crippen LogP) is 15.3. The monoisotopic (exact) mass is 771 g/mol. The number of para-hydroxylation sites is 2. The highest BCUT2D eigenvalue weighted by molar-refractivity contribution is 6.22. The Balaban J connectivity index is 0.975. The van der Waals surface area contributed by atoms with E-state index in [-0.39, 0.29) is 0 Å². The highest BCUT2D eigenvalue weighted by Crippen LogP contribution is 2.44. The van der Waals surface area contributed by atoms with Gasteiger partial charge in [0, 0.05) is 43.4 Å². The zero-order valence-electron chi connectivity index (χ0n) is 32.2. The van der Waals surface area contributed by atoms with Gasteiger partial charge in [-0.25, -0.2) is 0 Å². The number of nitrogens with zero attached hydrogens (tertiary/aromatic N) is 1. The molecule has 282 valence electrons. The van der Waals surface area contributed by atoms with E-state index in [1.807, 2.05) is 48.6 Å². The first-order valence-corrected chi connectivity index (χ1v) is 20.2. The van der Waals surface area contributed by atoms with Crippen LogP contribution in [0.3, 0.4) is 0 Å². The molecular formula is C55H33NO4. The third-order valence-electron chi connectivity index (χ3n) is 12.2. The average Bonchev–Trinajstić information content (AvgIpc) is 4.06. The molecule has 0 saturated carbocycles. The number of rotatable bonds is 3. The highest BCUT2D eigenvalue weighted by Gasteiger charge is 2.21. The largest absolute Gasteiger partial charge is 0.489 e. The fraction of sp³-hybridized carbons (Fsp3) is 0.0182. The second kappa shape index (κ2) is 12.5. The molecule has 5 heteroatoms. The summed E-state index contributed by atoms with van der Waals surface area (Å²) in [7, 11) is 0. The third kappa shape index (κ3) is 4.80. The normalized spacial score (nSPS) is 14.4. The van der Waals surface area contributed by atoms with E-state index in [0.717, 1.165) is 122 Å². The van der Waals surface area contributed by atoms with Crippen LogP contribution in [-0.2, 0) is 0 Å². The molecule has 1 aliphatic rings. The van der Waals surface area contributed by atoms with Gasteiger partial charge in [0.2, 0.25) is 0 Å². The van der Waals surface area contributed by atoms with E-state index in [1.54, 1.807) is 0 Å². The van der Waals surface area contributed by atoms with Gasteiger partial charge >= 0.3 is 0 Å². The van der Waals surface area contributed by atoms with Gasteiger partial charge in [0.05, 0.1) is 22.0 Å². The SMILES string of the molecule is C=C1/C=C\C=C/COc2ccc3c(oc4ccc(-c5ccc6c(c5)c5cc(-c7ccc8oc9c(ccc%10oc%11ccccc%11c%109)c8c7)ccc5n6-c5ccccc5)cc43)c21. The molecule has 5 heterocycles. The molecule has 0 radical (unpaired) electrons. The molecule has 1 aliphatic heterocycles. The van der Waals surface area contributed by atoms with Crippen LogP contribution in [0.1, 0.15) is 5.56 Å². The maximum Gasteiger partial charge on any atom is 0.147 e. The Morgan fingerprint density at radius 1 is 0.450 bits per heavy atom. The molecule has 0 saturated heterocycles. The van der Waals surface area contributed by atoms with Gasteiger partial charge in [0.15, 0.2) is 0 Å². The van der Waals surface area contributed by atoms with Gasteiger partial charge < -0.3 is 22.6 Å². The lowest BCUT2D eigenvalue weighted by Gasteiger charge is -2.10. The number of allylic oxidation sites excluding steroid dienone is 4. The second-order valence-electron chi connectivity index (χ2n) is 15.6. The molecule has 12 aromatic rings. The summed E-state index contributed by atoms with van der Waals surface area (Å²) in [5.74, 6) is 0.769. The van der Waals surface area contributed by atoms with Crippen LogP contribution in [0.25, 0.3) is 121 Å². The van der Waals surface area contributed by atoms with E-state index in [2.05, 4.69) is 139 Å². The van der Waals surface area contributed by atoms with Gasteiger partial charge in [0.25, 0.3) is 0 Å². The van der Waals surface area contributed by atoms with E-state index in [9.17, 15) is 0 Å².